The summed E-state index contributed by atoms with van der Waals surface area (Å²) in [6, 6.07) is 17.2. The van der Waals surface area contributed by atoms with Crippen LogP contribution in [0.15, 0.2) is 70.0 Å². The average molecular weight is 617 g/mol. The van der Waals surface area contributed by atoms with Gasteiger partial charge in [0.15, 0.2) is 11.5 Å². The number of carbonyl (C=O) groups is 3. The van der Waals surface area contributed by atoms with Crippen molar-refractivity contribution in [2.75, 3.05) is 19.8 Å². The fourth-order valence-electron chi connectivity index (χ4n) is 3.50. The normalized spacial score (nSPS) is 14.2. The van der Waals surface area contributed by atoms with Gasteiger partial charge in [-0.25, -0.2) is 4.79 Å². The molecule has 0 atom stereocenters. The topological polar surface area (TPSA) is 82.1 Å². The van der Waals surface area contributed by atoms with Gasteiger partial charge >= 0.3 is 5.97 Å². The van der Waals surface area contributed by atoms with Gasteiger partial charge in [-0.2, -0.15) is 0 Å². The van der Waals surface area contributed by atoms with Gasteiger partial charge in [0.25, 0.3) is 11.1 Å². The first-order chi connectivity index (χ1) is 18.2. The van der Waals surface area contributed by atoms with Gasteiger partial charge in [-0.15, -0.1) is 0 Å². The molecule has 0 N–H and O–H groups in total. The first-order valence-electron chi connectivity index (χ1n) is 11.6. The van der Waals surface area contributed by atoms with Crippen LogP contribution in [0, 0.1) is 6.92 Å². The van der Waals surface area contributed by atoms with E-state index in [-0.39, 0.29) is 29.0 Å². The van der Waals surface area contributed by atoms with Gasteiger partial charge in [-0.05, 0) is 102 Å². The van der Waals surface area contributed by atoms with Crippen LogP contribution in [0.4, 0.5) is 4.79 Å². The maximum absolute atomic E-state index is 12.9. The van der Waals surface area contributed by atoms with Crippen LogP contribution in [-0.4, -0.2) is 41.8 Å². The van der Waals surface area contributed by atoms with Gasteiger partial charge in [0, 0.05) is 5.02 Å². The third-order valence-electron chi connectivity index (χ3n) is 5.38. The molecule has 7 nitrogen and oxygen atoms in total. The summed E-state index contributed by atoms with van der Waals surface area (Å²) in [6.07, 6.45) is 1.60. The Kier molecular flexibility index (Phi) is 9.14. The van der Waals surface area contributed by atoms with E-state index in [2.05, 4.69) is 15.9 Å². The number of amides is 2. The van der Waals surface area contributed by atoms with Crippen molar-refractivity contribution in [1.82, 2.24) is 4.90 Å². The predicted molar refractivity (Wildman–Crippen MR) is 151 cm³/mol. The van der Waals surface area contributed by atoms with E-state index >= 15 is 0 Å². The minimum absolute atomic E-state index is 0.128. The zero-order chi connectivity index (χ0) is 27.2. The van der Waals surface area contributed by atoms with E-state index in [1.807, 2.05) is 31.2 Å². The van der Waals surface area contributed by atoms with E-state index in [1.54, 1.807) is 49.4 Å². The van der Waals surface area contributed by atoms with Crippen LogP contribution in [0.2, 0.25) is 5.02 Å². The monoisotopic (exact) mass is 615 g/mol. The second-order valence-corrected chi connectivity index (χ2v) is 10.4. The first-order valence-corrected chi connectivity index (χ1v) is 13.6. The SMILES string of the molecule is CCOc1cc(/C=C2\SC(=O)N(CCOc3ccc(C)cc3)C2=O)cc(Br)c1OC(=O)c1ccc(Cl)cc1. The molecule has 0 aliphatic carbocycles. The lowest BCUT2D eigenvalue weighted by Crippen LogP contribution is -2.32. The lowest BCUT2D eigenvalue weighted by molar-refractivity contribution is -0.123. The Morgan fingerprint density at radius 1 is 1.05 bits per heavy atom. The fourth-order valence-corrected chi connectivity index (χ4v) is 5.04. The molecule has 0 unspecified atom stereocenters. The summed E-state index contributed by atoms with van der Waals surface area (Å²) in [5.74, 6) is 0.194. The minimum Gasteiger partial charge on any atom is -0.492 e. The number of benzene rings is 3. The molecule has 1 fully saturated rings. The maximum Gasteiger partial charge on any atom is 0.343 e. The standard InChI is InChI=1S/C28H23BrClNO6S/c1-3-35-23-15-18(14-22(29)25(23)37-27(33)19-6-8-20(30)9-7-19)16-24-26(32)31(28(34)38-24)12-13-36-21-10-4-17(2)5-11-21/h4-11,14-16H,3,12-13H2,1-2H3/b24-16-. The highest BCUT2D eigenvalue weighted by molar-refractivity contribution is 9.10. The minimum atomic E-state index is -0.579. The number of hydrogen-bond donors (Lipinski definition) is 0. The van der Waals surface area contributed by atoms with Crippen LogP contribution in [0.25, 0.3) is 6.08 Å². The Morgan fingerprint density at radius 3 is 2.45 bits per heavy atom. The van der Waals surface area contributed by atoms with Crippen LogP contribution in [-0.2, 0) is 4.79 Å². The third kappa shape index (κ3) is 6.78. The Bertz CT molecular complexity index is 1390. The fraction of sp³-hybridized carbons (Fsp3) is 0.179. The first kappa shape index (κ1) is 27.8. The van der Waals surface area contributed by atoms with E-state index in [0.29, 0.717) is 38.7 Å². The highest BCUT2D eigenvalue weighted by Crippen LogP contribution is 2.39. The van der Waals surface area contributed by atoms with Crippen molar-refractivity contribution in [2.45, 2.75) is 13.8 Å². The van der Waals surface area contributed by atoms with Crippen molar-refractivity contribution in [1.29, 1.82) is 0 Å². The van der Waals surface area contributed by atoms with Gasteiger partial charge in [-0.1, -0.05) is 29.3 Å². The molecule has 0 bridgehead atoms. The second kappa shape index (κ2) is 12.5. The van der Waals surface area contributed by atoms with Crippen LogP contribution < -0.4 is 14.2 Å². The van der Waals surface area contributed by atoms with Crippen LogP contribution in [0.1, 0.15) is 28.4 Å². The number of hydrogen-bond acceptors (Lipinski definition) is 7. The Balaban J connectivity index is 1.48. The molecule has 0 radical (unpaired) electrons. The quantitative estimate of drug-likeness (QED) is 0.144. The molecule has 196 valence electrons. The number of halogens is 2. The maximum atomic E-state index is 12.9. The average Bonchev–Trinajstić information content (AvgIpc) is 3.15. The molecular weight excluding hydrogens is 594 g/mol. The smallest absolute Gasteiger partial charge is 0.343 e. The number of thioether (sulfide) groups is 1. The van der Waals surface area contributed by atoms with Gasteiger partial charge in [-0.3, -0.25) is 14.5 Å². The summed E-state index contributed by atoms with van der Waals surface area (Å²) in [7, 11) is 0. The number of nitrogens with zero attached hydrogens (tertiary/aromatic N) is 1. The van der Waals surface area contributed by atoms with Gasteiger partial charge in [0.1, 0.15) is 12.4 Å². The molecule has 4 rings (SSSR count). The summed E-state index contributed by atoms with van der Waals surface area (Å²) in [5, 5.41) is 0.136. The molecule has 0 spiro atoms. The molecule has 3 aromatic carbocycles. The number of aryl methyl sites for hydroxylation is 1. The van der Waals surface area contributed by atoms with Crippen molar-refractivity contribution in [2.24, 2.45) is 0 Å². The zero-order valence-corrected chi connectivity index (χ0v) is 23.7. The Labute approximate surface area is 237 Å². The van der Waals surface area contributed by atoms with E-state index in [9.17, 15) is 14.4 Å². The second-order valence-electron chi connectivity index (χ2n) is 8.15. The van der Waals surface area contributed by atoms with Crippen LogP contribution in [0.5, 0.6) is 17.2 Å². The third-order valence-corrected chi connectivity index (χ3v) is 7.13. The van der Waals surface area contributed by atoms with E-state index in [4.69, 9.17) is 25.8 Å². The molecule has 1 heterocycles. The van der Waals surface area contributed by atoms with E-state index < -0.39 is 11.9 Å². The zero-order valence-electron chi connectivity index (χ0n) is 20.5. The van der Waals surface area contributed by atoms with Crippen molar-refractivity contribution in [3.8, 4) is 17.2 Å². The summed E-state index contributed by atoms with van der Waals surface area (Å²) >= 11 is 10.2. The molecule has 1 aliphatic heterocycles. The van der Waals surface area contributed by atoms with Crippen LogP contribution >= 0.6 is 39.3 Å². The number of ether oxygens (including phenoxy) is 3. The van der Waals surface area contributed by atoms with Gasteiger partial charge in [0.2, 0.25) is 0 Å². The molecule has 0 saturated carbocycles. The molecule has 10 heteroatoms. The molecule has 1 saturated heterocycles. The molecule has 3 aromatic rings. The Morgan fingerprint density at radius 2 is 1.76 bits per heavy atom. The molecular formula is C28H23BrClNO6S. The van der Waals surface area contributed by atoms with E-state index in [0.717, 1.165) is 22.2 Å². The van der Waals surface area contributed by atoms with Crippen LogP contribution in [0.3, 0.4) is 0 Å². The Hall–Kier alpha value is -3.27. The number of rotatable bonds is 9. The molecule has 2 amide bonds. The highest BCUT2D eigenvalue weighted by atomic mass is 79.9. The van der Waals surface area contributed by atoms with Gasteiger partial charge in [0.05, 0.1) is 28.1 Å². The van der Waals surface area contributed by atoms with Crippen molar-refractivity contribution >= 4 is 62.5 Å². The highest BCUT2D eigenvalue weighted by Gasteiger charge is 2.35. The summed E-state index contributed by atoms with van der Waals surface area (Å²) in [4.78, 5) is 39.5. The number of carbonyl (C=O) groups excluding carboxylic acids is 3. The van der Waals surface area contributed by atoms with Crippen molar-refractivity contribution in [3.63, 3.8) is 0 Å². The lowest BCUT2D eigenvalue weighted by atomic mass is 10.1. The predicted octanol–water partition coefficient (Wildman–Crippen LogP) is 7.14. The summed E-state index contributed by atoms with van der Waals surface area (Å²) in [5.41, 5.74) is 2.03. The van der Waals surface area contributed by atoms with Gasteiger partial charge < -0.3 is 14.2 Å². The number of esters is 1. The largest absolute Gasteiger partial charge is 0.492 e. The van der Waals surface area contributed by atoms with Crippen molar-refractivity contribution in [3.05, 3.63) is 91.8 Å². The summed E-state index contributed by atoms with van der Waals surface area (Å²) in [6.45, 7) is 4.41. The lowest BCUT2D eigenvalue weighted by Gasteiger charge is -2.14. The van der Waals surface area contributed by atoms with Crippen molar-refractivity contribution < 1.29 is 28.6 Å². The molecule has 1 aliphatic rings. The van der Waals surface area contributed by atoms with E-state index in [1.165, 1.54) is 0 Å². The number of imide groups is 1. The summed E-state index contributed by atoms with van der Waals surface area (Å²) < 4.78 is 17.4. The molecule has 0 aromatic heterocycles. The molecule has 38 heavy (non-hydrogen) atoms.